The first-order valence-electron chi connectivity index (χ1n) is 14.4. The molecule has 2 aromatic rings. The van der Waals surface area contributed by atoms with E-state index in [4.69, 9.17) is 16.3 Å². The number of hydrogen-bond acceptors (Lipinski definition) is 4. The summed E-state index contributed by atoms with van der Waals surface area (Å²) in [5, 5.41) is 21.5. The summed E-state index contributed by atoms with van der Waals surface area (Å²) in [6.45, 7) is 6.17. The zero-order valence-corrected chi connectivity index (χ0v) is 26.4. The van der Waals surface area contributed by atoms with Crippen LogP contribution in [0.2, 0.25) is 5.02 Å². The van der Waals surface area contributed by atoms with Crippen molar-refractivity contribution in [1.82, 2.24) is 0 Å². The predicted molar refractivity (Wildman–Crippen MR) is 154 cm³/mol. The van der Waals surface area contributed by atoms with Crippen LogP contribution in [-0.2, 0) is 15.9 Å². The molecule has 0 bridgehead atoms. The average molecular weight is 674 g/mol. The van der Waals surface area contributed by atoms with Crippen LogP contribution in [0.25, 0.3) is 0 Å². The molecule has 4 aliphatic rings. The number of allylic oxidation sites excluding steroid dienone is 4. The quantitative estimate of drug-likeness (QED) is 0.300. The molecule has 0 spiro atoms. The molecule has 214 valence electrons. The molecule has 4 unspecified atom stereocenters. The SMILES string of the molecule is C[C@H](CC1C(=O)c2cc(C(C)(C)O)ccc2C1(OCC1(CO)CC1)c1ccc(Cl)cc1)C1=CCC(C2C[I-]2)C=C1. The van der Waals surface area contributed by atoms with Gasteiger partial charge in [0, 0.05) is 5.02 Å². The Morgan fingerprint density at radius 1 is 1.18 bits per heavy atom. The Morgan fingerprint density at radius 2 is 1.90 bits per heavy atom. The Labute approximate surface area is 253 Å². The predicted octanol–water partition coefficient (Wildman–Crippen LogP) is 3.41. The maximum atomic E-state index is 14.4. The number of hydrogen-bond donors (Lipinski definition) is 2. The van der Waals surface area contributed by atoms with Gasteiger partial charge >= 0.3 is 189 Å². The molecular formula is C34H39ClIO4-. The van der Waals surface area contributed by atoms with Crippen molar-refractivity contribution in [2.24, 2.45) is 23.2 Å². The van der Waals surface area contributed by atoms with E-state index in [9.17, 15) is 15.0 Å². The van der Waals surface area contributed by atoms with Gasteiger partial charge in [-0.2, -0.15) is 0 Å². The zero-order valence-electron chi connectivity index (χ0n) is 23.5. The Morgan fingerprint density at radius 3 is 2.48 bits per heavy atom. The minimum absolute atomic E-state index is 0.0535. The molecule has 2 aromatic carbocycles. The molecule has 0 amide bonds. The number of aliphatic hydroxyl groups is 2. The number of Topliss-reactive ketones (excluding diaryl/α,β-unsaturated/α-hetero) is 1. The number of alkyl halides is 2. The summed E-state index contributed by atoms with van der Waals surface area (Å²) in [7, 11) is 0. The van der Waals surface area contributed by atoms with E-state index in [1.54, 1.807) is 13.8 Å². The van der Waals surface area contributed by atoms with Gasteiger partial charge in [0.15, 0.2) is 0 Å². The molecule has 2 N–H and O–H groups in total. The topological polar surface area (TPSA) is 66.8 Å². The van der Waals surface area contributed by atoms with E-state index in [1.807, 2.05) is 42.5 Å². The van der Waals surface area contributed by atoms with Crippen molar-refractivity contribution in [3.05, 3.63) is 93.5 Å². The van der Waals surface area contributed by atoms with E-state index in [1.165, 1.54) is 10.0 Å². The van der Waals surface area contributed by atoms with Gasteiger partial charge in [0.2, 0.25) is 0 Å². The van der Waals surface area contributed by atoms with E-state index in [2.05, 4.69) is 25.2 Å². The van der Waals surface area contributed by atoms with Crippen molar-refractivity contribution in [2.45, 2.75) is 61.6 Å². The van der Waals surface area contributed by atoms with E-state index in [0.717, 1.165) is 34.3 Å². The fourth-order valence-electron chi connectivity index (χ4n) is 6.45. The number of ether oxygens (including phenoxy) is 1. The summed E-state index contributed by atoms with van der Waals surface area (Å²) in [4.78, 5) is 14.4. The van der Waals surface area contributed by atoms with Gasteiger partial charge in [0.05, 0.1) is 12.2 Å². The summed E-state index contributed by atoms with van der Waals surface area (Å²) in [6, 6.07) is 13.4. The van der Waals surface area contributed by atoms with Gasteiger partial charge in [-0.15, -0.1) is 0 Å². The Hall–Kier alpha value is -1.51. The number of halogens is 2. The Bertz CT molecular complexity index is 1350. The molecule has 4 nitrogen and oxygen atoms in total. The molecule has 3 aliphatic carbocycles. The molecule has 1 saturated carbocycles. The van der Waals surface area contributed by atoms with Gasteiger partial charge < -0.3 is 10.2 Å². The molecule has 5 atom stereocenters. The second kappa shape index (κ2) is 10.6. The van der Waals surface area contributed by atoms with Crippen LogP contribution in [-0.4, -0.2) is 37.6 Å². The summed E-state index contributed by atoms with van der Waals surface area (Å²) in [5.41, 5.74) is 2.04. The molecule has 2 fully saturated rings. The molecule has 40 heavy (non-hydrogen) atoms. The number of ketones is 1. The second-order valence-electron chi connectivity index (χ2n) is 12.8. The summed E-state index contributed by atoms with van der Waals surface area (Å²) in [6.07, 6.45) is 10.7. The number of carbonyl (C=O) groups excluding carboxylic acids is 1. The van der Waals surface area contributed by atoms with E-state index in [-0.39, 0.29) is 23.7 Å². The van der Waals surface area contributed by atoms with Crippen molar-refractivity contribution in [2.75, 3.05) is 17.6 Å². The molecule has 0 radical (unpaired) electrons. The number of rotatable bonds is 10. The van der Waals surface area contributed by atoms with Crippen LogP contribution in [0, 0.1) is 23.2 Å². The van der Waals surface area contributed by atoms with Crippen LogP contribution in [0.15, 0.2) is 66.3 Å². The maximum absolute atomic E-state index is 14.4. The number of benzene rings is 2. The average Bonchev–Trinajstić information content (AvgIpc) is 3.88. The van der Waals surface area contributed by atoms with Gasteiger partial charge in [0.25, 0.3) is 0 Å². The van der Waals surface area contributed by atoms with Crippen molar-refractivity contribution < 1.29 is 40.9 Å². The van der Waals surface area contributed by atoms with E-state index in [0.29, 0.717) is 56.3 Å². The van der Waals surface area contributed by atoms with Gasteiger partial charge in [-0.3, -0.25) is 0 Å². The third-order valence-electron chi connectivity index (χ3n) is 9.49. The zero-order chi connectivity index (χ0) is 28.3. The third kappa shape index (κ3) is 5.26. The molecule has 0 aromatic heterocycles. The molecule has 6 heteroatoms. The second-order valence-corrected chi connectivity index (χ2v) is 16.6. The van der Waals surface area contributed by atoms with Gasteiger partial charge in [0.1, 0.15) is 0 Å². The first kappa shape index (κ1) is 28.6. The molecule has 6 rings (SSSR count). The van der Waals surface area contributed by atoms with Gasteiger partial charge in [-0.25, -0.2) is 0 Å². The van der Waals surface area contributed by atoms with Crippen LogP contribution in [0.1, 0.15) is 73.5 Å². The summed E-state index contributed by atoms with van der Waals surface area (Å²) >= 11 is 6.75. The minimum atomic E-state index is -1.07. The van der Waals surface area contributed by atoms with Gasteiger partial charge in [-0.1, -0.05) is 11.6 Å². The summed E-state index contributed by atoms with van der Waals surface area (Å²) < 4.78 is 9.39. The van der Waals surface area contributed by atoms with Crippen LogP contribution in [0.3, 0.4) is 0 Å². The molecule has 1 heterocycles. The molecule has 1 aliphatic heterocycles. The van der Waals surface area contributed by atoms with Gasteiger partial charge in [-0.05, 0) is 26.7 Å². The van der Waals surface area contributed by atoms with Crippen LogP contribution < -0.4 is 21.2 Å². The standard InChI is InChI=1S/C34H39ClIO4/c1-21(22-4-6-23(7-5-22)30-18-36-30)16-29-31(38)27-17-25(32(2,3)39)10-13-28(27)34(29,24-8-11-26(35)12-9-24)40-20-33(19-37)14-15-33/h4-6,8-13,17,21,23,29-30,37,39H,7,14-16,18-20H2,1-3H3/q-1/t21-,23?,29?,30?,34?/m1/s1. The number of aliphatic hydroxyl groups excluding tert-OH is 1. The Kier molecular flexibility index (Phi) is 7.61. The van der Waals surface area contributed by atoms with Crippen molar-refractivity contribution >= 4 is 17.4 Å². The summed E-state index contributed by atoms with van der Waals surface area (Å²) in [5.74, 6) is 0.474. The molecule has 1 saturated heterocycles. The van der Waals surface area contributed by atoms with E-state index < -0.39 is 17.1 Å². The fourth-order valence-corrected chi connectivity index (χ4v) is 8.71. The van der Waals surface area contributed by atoms with E-state index >= 15 is 0 Å². The number of fused-ring (bicyclic) bond motifs is 1. The van der Waals surface area contributed by atoms with Crippen LogP contribution >= 0.6 is 11.6 Å². The Balaban J connectivity index is 1.43. The van der Waals surface area contributed by atoms with Crippen LogP contribution in [0.5, 0.6) is 0 Å². The normalized spacial score (nSPS) is 29.4. The van der Waals surface area contributed by atoms with Crippen molar-refractivity contribution in [1.29, 1.82) is 0 Å². The monoisotopic (exact) mass is 673 g/mol. The fraction of sp³-hybridized carbons (Fsp3) is 0.500. The first-order valence-corrected chi connectivity index (χ1v) is 17.6. The third-order valence-corrected chi connectivity index (χ3v) is 12.6. The number of carbonyl (C=O) groups is 1. The van der Waals surface area contributed by atoms with Crippen molar-refractivity contribution in [3.8, 4) is 0 Å². The van der Waals surface area contributed by atoms with Crippen molar-refractivity contribution in [3.63, 3.8) is 0 Å². The molecular weight excluding hydrogens is 635 g/mol. The van der Waals surface area contributed by atoms with Crippen LogP contribution in [0.4, 0.5) is 0 Å². The first-order chi connectivity index (χ1) is 19.1.